The summed E-state index contributed by atoms with van der Waals surface area (Å²) in [5.41, 5.74) is 15.3. The van der Waals surface area contributed by atoms with Crippen molar-refractivity contribution in [2.75, 3.05) is 12.3 Å². The molecule has 1 aromatic heterocycles. The number of nitrogens with two attached hydrogens (primary N) is 2. The van der Waals surface area contributed by atoms with Gasteiger partial charge in [-0.2, -0.15) is 5.10 Å². The molecule has 1 heterocycles. The number of thiocarbonyl (C=S) groups is 1. The molecule has 86 valence electrons. The van der Waals surface area contributed by atoms with Gasteiger partial charge in [0, 0.05) is 12.8 Å². The van der Waals surface area contributed by atoms with E-state index in [0.29, 0.717) is 17.8 Å². The maximum atomic E-state index is 8.83. The fourth-order valence-corrected chi connectivity index (χ4v) is 1.18. The third-order valence-electron chi connectivity index (χ3n) is 1.85. The standard InChI is InChI=1S/C9H13N5OS/c10-8-6(2-4-15)1-3-12-7(8)5-13-14-9(11)16/h1,3,5,15H,2,4,10H2,(H3,11,14,16). The number of nitrogen functional groups attached to an aromatic ring is 1. The highest BCUT2D eigenvalue weighted by Crippen LogP contribution is 2.13. The van der Waals surface area contributed by atoms with Crippen molar-refractivity contribution in [2.45, 2.75) is 6.42 Å². The van der Waals surface area contributed by atoms with E-state index in [1.165, 1.54) is 6.21 Å². The fraction of sp³-hybridized carbons (Fsp3) is 0.222. The van der Waals surface area contributed by atoms with Crippen molar-refractivity contribution in [3.05, 3.63) is 23.5 Å². The van der Waals surface area contributed by atoms with Crippen LogP contribution in [0.25, 0.3) is 0 Å². The van der Waals surface area contributed by atoms with Gasteiger partial charge in [-0.3, -0.25) is 10.4 Å². The number of pyridine rings is 1. The summed E-state index contributed by atoms with van der Waals surface area (Å²) in [6.07, 6.45) is 3.51. The summed E-state index contributed by atoms with van der Waals surface area (Å²) in [4.78, 5) is 4.04. The first kappa shape index (κ1) is 12.3. The summed E-state index contributed by atoms with van der Waals surface area (Å²) in [5.74, 6) is 0. The zero-order chi connectivity index (χ0) is 12.0. The molecule has 0 aromatic carbocycles. The third-order valence-corrected chi connectivity index (χ3v) is 1.95. The number of anilines is 1. The van der Waals surface area contributed by atoms with E-state index in [1.54, 1.807) is 12.3 Å². The van der Waals surface area contributed by atoms with E-state index in [1.807, 2.05) is 0 Å². The van der Waals surface area contributed by atoms with E-state index in [2.05, 4.69) is 27.7 Å². The average molecular weight is 239 g/mol. The number of aliphatic hydroxyl groups excluding tert-OH is 1. The number of nitrogens with one attached hydrogen (secondary N) is 1. The molecule has 0 atom stereocenters. The summed E-state index contributed by atoms with van der Waals surface area (Å²) < 4.78 is 0. The molecule has 1 aromatic rings. The molecule has 0 saturated heterocycles. The number of aromatic nitrogens is 1. The highest BCUT2D eigenvalue weighted by molar-refractivity contribution is 7.80. The van der Waals surface area contributed by atoms with Gasteiger partial charge in [0.25, 0.3) is 0 Å². The molecule has 0 spiro atoms. The van der Waals surface area contributed by atoms with Gasteiger partial charge in [-0.15, -0.1) is 0 Å². The van der Waals surface area contributed by atoms with Crippen LogP contribution in [0.2, 0.25) is 0 Å². The van der Waals surface area contributed by atoms with Gasteiger partial charge in [0.2, 0.25) is 0 Å². The Morgan fingerprint density at radius 1 is 1.69 bits per heavy atom. The number of aliphatic hydroxyl groups is 1. The Balaban J connectivity index is 2.84. The molecule has 0 amide bonds. The molecule has 0 aliphatic rings. The number of hydrogen-bond donors (Lipinski definition) is 4. The Labute approximate surface area is 98.4 Å². The first-order chi connectivity index (χ1) is 7.65. The van der Waals surface area contributed by atoms with Gasteiger partial charge >= 0.3 is 0 Å². The molecule has 0 radical (unpaired) electrons. The lowest BCUT2D eigenvalue weighted by Crippen LogP contribution is -2.24. The smallest absolute Gasteiger partial charge is 0.184 e. The van der Waals surface area contributed by atoms with E-state index in [0.717, 1.165) is 5.56 Å². The summed E-state index contributed by atoms with van der Waals surface area (Å²) in [7, 11) is 0. The van der Waals surface area contributed by atoms with Crippen molar-refractivity contribution in [1.29, 1.82) is 0 Å². The molecule has 0 unspecified atom stereocenters. The average Bonchev–Trinajstić information content (AvgIpc) is 2.23. The van der Waals surface area contributed by atoms with Crippen molar-refractivity contribution in [2.24, 2.45) is 10.8 Å². The molecular weight excluding hydrogens is 226 g/mol. The molecule has 0 aliphatic heterocycles. The summed E-state index contributed by atoms with van der Waals surface area (Å²) in [5, 5.41) is 12.7. The predicted octanol–water partition coefficient (Wildman–Crippen LogP) is -0.634. The van der Waals surface area contributed by atoms with Gasteiger partial charge in [0.15, 0.2) is 5.11 Å². The predicted molar refractivity (Wildman–Crippen MR) is 67.0 cm³/mol. The monoisotopic (exact) mass is 239 g/mol. The van der Waals surface area contributed by atoms with Gasteiger partial charge < -0.3 is 16.6 Å². The summed E-state index contributed by atoms with van der Waals surface area (Å²) in [6.45, 7) is 0.0376. The van der Waals surface area contributed by atoms with Crippen LogP contribution in [-0.4, -0.2) is 28.0 Å². The SMILES string of the molecule is NC(=S)NN=Cc1nccc(CCO)c1N. The van der Waals surface area contributed by atoms with Crippen LogP contribution in [0.15, 0.2) is 17.4 Å². The molecule has 7 heteroatoms. The Hall–Kier alpha value is -1.73. The van der Waals surface area contributed by atoms with Crippen LogP contribution in [-0.2, 0) is 6.42 Å². The van der Waals surface area contributed by atoms with Crippen LogP contribution < -0.4 is 16.9 Å². The number of hydrazone groups is 1. The number of nitrogens with zero attached hydrogens (tertiary/aromatic N) is 2. The van der Waals surface area contributed by atoms with Gasteiger partial charge in [-0.1, -0.05) is 0 Å². The Kier molecular flexibility index (Phi) is 4.62. The highest BCUT2D eigenvalue weighted by Gasteiger charge is 2.03. The van der Waals surface area contributed by atoms with Crippen molar-refractivity contribution >= 4 is 29.2 Å². The molecule has 0 aliphatic carbocycles. The van der Waals surface area contributed by atoms with E-state index >= 15 is 0 Å². The van der Waals surface area contributed by atoms with Crippen LogP contribution >= 0.6 is 12.2 Å². The largest absolute Gasteiger partial charge is 0.397 e. The lowest BCUT2D eigenvalue weighted by atomic mass is 10.1. The maximum absolute atomic E-state index is 8.83. The van der Waals surface area contributed by atoms with Crippen molar-refractivity contribution in [3.8, 4) is 0 Å². The first-order valence-electron chi connectivity index (χ1n) is 4.58. The first-order valence-corrected chi connectivity index (χ1v) is 4.98. The van der Waals surface area contributed by atoms with Gasteiger partial charge in [-0.25, -0.2) is 0 Å². The van der Waals surface area contributed by atoms with Crippen LogP contribution in [0.4, 0.5) is 5.69 Å². The second-order valence-electron chi connectivity index (χ2n) is 2.98. The zero-order valence-corrected chi connectivity index (χ0v) is 9.37. The minimum Gasteiger partial charge on any atom is -0.397 e. The Morgan fingerprint density at radius 3 is 3.06 bits per heavy atom. The van der Waals surface area contributed by atoms with Gasteiger partial charge in [0.05, 0.1) is 11.9 Å². The minimum absolute atomic E-state index is 0.0376. The minimum atomic E-state index is 0.0376. The van der Waals surface area contributed by atoms with Crippen molar-refractivity contribution in [3.63, 3.8) is 0 Å². The molecule has 0 bridgehead atoms. The quantitative estimate of drug-likeness (QED) is 0.316. The molecule has 16 heavy (non-hydrogen) atoms. The van der Waals surface area contributed by atoms with Gasteiger partial charge in [-0.05, 0) is 30.3 Å². The fourth-order valence-electron chi connectivity index (χ4n) is 1.13. The summed E-state index contributed by atoms with van der Waals surface area (Å²) >= 11 is 4.58. The second-order valence-corrected chi connectivity index (χ2v) is 3.42. The third kappa shape index (κ3) is 3.44. The topological polar surface area (TPSA) is 110 Å². The van der Waals surface area contributed by atoms with E-state index in [9.17, 15) is 0 Å². The zero-order valence-electron chi connectivity index (χ0n) is 8.55. The number of rotatable bonds is 4. The Bertz CT molecular complexity index is 407. The molecular formula is C9H13N5OS. The van der Waals surface area contributed by atoms with Crippen molar-refractivity contribution < 1.29 is 5.11 Å². The van der Waals surface area contributed by atoms with E-state index in [-0.39, 0.29) is 11.7 Å². The van der Waals surface area contributed by atoms with E-state index < -0.39 is 0 Å². The van der Waals surface area contributed by atoms with Crippen LogP contribution in [0, 0.1) is 0 Å². The normalized spacial score (nSPS) is 10.6. The van der Waals surface area contributed by atoms with Crippen LogP contribution in [0.1, 0.15) is 11.3 Å². The molecule has 0 saturated carbocycles. The van der Waals surface area contributed by atoms with Crippen LogP contribution in [0.5, 0.6) is 0 Å². The van der Waals surface area contributed by atoms with Gasteiger partial charge in [0.1, 0.15) is 5.69 Å². The molecule has 1 rings (SSSR count). The lowest BCUT2D eigenvalue weighted by molar-refractivity contribution is 0.300. The van der Waals surface area contributed by atoms with Crippen molar-refractivity contribution in [1.82, 2.24) is 10.4 Å². The molecule has 0 fully saturated rings. The summed E-state index contributed by atoms with van der Waals surface area (Å²) in [6, 6.07) is 1.75. The second kappa shape index (κ2) is 5.99. The molecule has 6 N–H and O–H groups in total. The maximum Gasteiger partial charge on any atom is 0.184 e. The highest BCUT2D eigenvalue weighted by atomic mass is 32.1. The number of hydrogen-bond acceptors (Lipinski definition) is 5. The van der Waals surface area contributed by atoms with E-state index in [4.69, 9.17) is 16.6 Å². The Morgan fingerprint density at radius 2 is 2.44 bits per heavy atom. The lowest BCUT2D eigenvalue weighted by Gasteiger charge is -2.05. The molecule has 6 nitrogen and oxygen atoms in total. The van der Waals surface area contributed by atoms with Crippen LogP contribution in [0.3, 0.4) is 0 Å².